The Kier molecular flexibility index (Phi) is 8.88. The van der Waals surface area contributed by atoms with Crippen molar-refractivity contribution in [1.82, 2.24) is 0 Å². The lowest BCUT2D eigenvalue weighted by atomic mass is 10.1. The molecule has 28 heavy (non-hydrogen) atoms. The maximum atomic E-state index is 7.19. The van der Waals surface area contributed by atoms with E-state index in [4.69, 9.17) is 4.74 Å². The number of unbranched alkanes of at least 4 members (excludes halogenated alkanes) is 6. The van der Waals surface area contributed by atoms with E-state index >= 15 is 0 Å². The highest BCUT2D eigenvalue weighted by atomic mass is 28.4. The van der Waals surface area contributed by atoms with Crippen molar-refractivity contribution in [2.45, 2.75) is 121 Å². The second-order valence-corrected chi connectivity index (χ2v) is 21.1. The predicted octanol–water partition coefficient (Wildman–Crippen LogP) is 8.41. The molecule has 0 saturated heterocycles. The molecule has 0 amide bonds. The molecule has 0 spiro atoms. The summed E-state index contributed by atoms with van der Waals surface area (Å²) in [5.41, 5.74) is 1.43. The standard InChI is InChI=1S/C25H46OSi2/c1-7-9-11-15-21-27(3,4)25(28(5,6)22-16-12-10-8-2)20-19-23-17-13-14-18-24(23)26-25/h13-14,17-18H,7-12,15-16,19-22H2,1-6H3. The molecule has 0 saturated carbocycles. The van der Waals surface area contributed by atoms with Crippen LogP contribution in [0.1, 0.15) is 77.2 Å². The van der Waals surface area contributed by atoms with Gasteiger partial charge in [-0.15, -0.1) is 0 Å². The maximum Gasteiger partial charge on any atom is 0.122 e. The molecule has 1 aliphatic heterocycles. The van der Waals surface area contributed by atoms with Gasteiger partial charge < -0.3 is 4.74 Å². The van der Waals surface area contributed by atoms with E-state index in [1.54, 1.807) is 0 Å². The number of para-hydroxylation sites is 1. The SMILES string of the molecule is CCCCCC[Si](C)(C)C1([Si](C)(C)CCCCCC)CCc2ccccc2O1. The number of hydrogen-bond acceptors (Lipinski definition) is 1. The normalized spacial score (nSPS) is 16.5. The van der Waals surface area contributed by atoms with Gasteiger partial charge in [0.25, 0.3) is 0 Å². The molecule has 0 aromatic heterocycles. The molecule has 3 heteroatoms. The minimum atomic E-state index is -1.54. The van der Waals surface area contributed by atoms with Crippen molar-refractivity contribution in [2.24, 2.45) is 0 Å². The molecule has 0 atom stereocenters. The smallest absolute Gasteiger partial charge is 0.122 e. The first-order valence-electron chi connectivity index (χ1n) is 12.1. The van der Waals surface area contributed by atoms with Crippen LogP contribution in [0, 0.1) is 0 Å². The molecule has 0 bridgehead atoms. The number of hydrogen-bond donors (Lipinski definition) is 0. The van der Waals surface area contributed by atoms with E-state index < -0.39 is 16.1 Å². The average Bonchev–Trinajstić information content (AvgIpc) is 2.68. The molecule has 1 nitrogen and oxygen atoms in total. The van der Waals surface area contributed by atoms with Gasteiger partial charge in [-0.05, 0) is 24.5 Å². The lowest BCUT2D eigenvalue weighted by molar-refractivity contribution is 0.183. The van der Waals surface area contributed by atoms with Crippen LogP contribution in [0.3, 0.4) is 0 Å². The molecule has 1 aliphatic rings. The van der Waals surface area contributed by atoms with Crippen molar-refractivity contribution < 1.29 is 4.74 Å². The van der Waals surface area contributed by atoms with Gasteiger partial charge >= 0.3 is 0 Å². The first kappa shape index (κ1) is 23.7. The zero-order chi connectivity index (χ0) is 20.7. The summed E-state index contributed by atoms with van der Waals surface area (Å²) in [7, 11) is -3.07. The van der Waals surface area contributed by atoms with Crippen LogP contribution in [0.25, 0.3) is 0 Å². The van der Waals surface area contributed by atoms with Gasteiger partial charge in [0, 0.05) is 0 Å². The van der Waals surface area contributed by atoms with Gasteiger partial charge in [-0.25, -0.2) is 0 Å². The highest BCUT2D eigenvalue weighted by molar-refractivity contribution is 6.99. The molecule has 0 N–H and O–H groups in total. The van der Waals surface area contributed by atoms with Crippen LogP contribution in [-0.4, -0.2) is 21.0 Å². The molecule has 1 aromatic rings. The van der Waals surface area contributed by atoms with Crippen molar-refractivity contribution in [3.05, 3.63) is 29.8 Å². The fraction of sp³-hybridized carbons (Fsp3) is 0.760. The Morgan fingerprint density at radius 1 is 0.786 bits per heavy atom. The Morgan fingerprint density at radius 3 is 1.86 bits per heavy atom. The highest BCUT2D eigenvalue weighted by Crippen LogP contribution is 2.47. The third kappa shape index (κ3) is 5.33. The first-order valence-corrected chi connectivity index (χ1v) is 18.5. The molecule has 2 rings (SSSR count). The van der Waals surface area contributed by atoms with Crippen LogP contribution >= 0.6 is 0 Å². The Hall–Kier alpha value is -0.546. The van der Waals surface area contributed by atoms with Gasteiger partial charge in [-0.2, -0.15) is 0 Å². The van der Waals surface area contributed by atoms with Crippen LogP contribution in [0.4, 0.5) is 0 Å². The highest BCUT2D eigenvalue weighted by Gasteiger charge is 2.59. The summed E-state index contributed by atoms with van der Waals surface area (Å²) >= 11 is 0. The second-order valence-electron chi connectivity index (χ2n) is 10.4. The molecule has 0 radical (unpaired) electrons. The van der Waals surface area contributed by atoms with Crippen molar-refractivity contribution in [3.8, 4) is 5.75 Å². The zero-order valence-corrected chi connectivity index (χ0v) is 21.7. The van der Waals surface area contributed by atoms with Crippen molar-refractivity contribution in [1.29, 1.82) is 0 Å². The van der Waals surface area contributed by atoms with E-state index in [1.165, 1.54) is 87.6 Å². The lowest BCUT2D eigenvalue weighted by Crippen LogP contribution is -2.73. The zero-order valence-electron chi connectivity index (χ0n) is 19.7. The third-order valence-corrected chi connectivity index (χ3v) is 19.8. The summed E-state index contributed by atoms with van der Waals surface area (Å²) in [5.74, 6) is 1.21. The third-order valence-electron chi connectivity index (χ3n) is 7.50. The molecule has 0 fully saturated rings. The van der Waals surface area contributed by atoms with E-state index in [0.717, 1.165) is 0 Å². The number of benzene rings is 1. The Bertz CT molecular complexity index is 570. The molecular formula is C25H46OSi2. The fourth-order valence-corrected chi connectivity index (χ4v) is 19.1. The van der Waals surface area contributed by atoms with Crippen LogP contribution in [0.5, 0.6) is 5.75 Å². The largest absolute Gasteiger partial charge is 0.494 e. The van der Waals surface area contributed by atoms with E-state index in [2.05, 4.69) is 64.3 Å². The quantitative estimate of drug-likeness (QED) is 0.244. The van der Waals surface area contributed by atoms with E-state index in [9.17, 15) is 0 Å². The minimum absolute atomic E-state index is 0.187. The molecular weight excluding hydrogens is 372 g/mol. The van der Waals surface area contributed by atoms with Gasteiger partial charge in [0.15, 0.2) is 0 Å². The summed E-state index contributed by atoms with van der Waals surface area (Å²) in [5, 5.41) is 0. The van der Waals surface area contributed by atoms with Crippen molar-refractivity contribution in [3.63, 3.8) is 0 Å². The van der Waals surface area contributed by atoms with Gasteiger partial charge in [-0.3, -0.25) is 0 Å². The topological polar surface area (TPSA) is 9.23 Å². The van der Waals surface area contributed by atoms with E-state index in [1.807, 2.05) is 0 Å². The van der Waals surface area contributed by atoms with Crippen molar-refractivity contribution in [2.75, 3.05) is 0 Å². The Morgan fingerprint density at radius 2 is 1.32 bits per heavy atom. The number of aryl methyl sites for hydroxylation is 1. The van der Waals surface area contributed by atoms with Gasteiger partial charge in [-0.1, -0.05) is 122 Å². The van der Waals surface area contributed by atoms with Crippen LogP contribution in [-0.2, 0) is 6.42 Å². The van der Waals surface area contributed by atoms with Gasteiger partial charge in [0.2, 0.25) is 0 Å². The van der Waals surface area contributed by atoms with Crippen LogP contribution in [0.2, 0.25) is 38.3 Å². The predicted molar refractivity (Wildman–Crippen MR) is 131 cm³/mol. The Balaban J connectivity index is 2.27. The van der Waals surface area contributed by atoms with Crippen molar-refractivity contribution >= 4 is 16.1 Å². The summed E-state index contributed by atoms with van der Waals surface area (Å²) < 4.78 is 7.19. The first-order chi connectivity index (χ1) is 13.3. The van der Waals surface area contributed by atoms with Gasteiger partial charge in [0.05, 0.1) is 21.0 Å². The summed E-state index contributed by atoms with van der Waals surface area (Å²) in [6.07, 6.45) is 13.5. The fourth-order valence-electron chi connectivity index (χ4n) is 5.62. The Labute approximate surface area is 177 Å². The number of fused-ring (bicyclic) bond motifs is 1. The lowest BCUT2D eigenvalue weighted by Gasteiger charge is -2.56. The molecule has 0 aliphatic carbocycles. The van der Waals surface area contributed by atoms with E-state index in [0.29, 0.717) is 0 Å². The number of rotatable bonds is 12. The molecule has 160 valence electrons. The monoisotopic (exact) mass is 418 g/mol. The summed E-state index contributed by atoms with van der Waals surface area (Å²) in [4.78, 5) is 0.187. The minimum Gasteiger partial charge on any atom is -0.494 e. The average molecular weight is 419 g/mol. The molecule has 1 heterocycles. The van der Waals surface area contributed by atoms with Crippen LogP contribution < -0.4 is 4.74 Å². The maximum absolute atomic E-state index is 7.19. The molecule has 0 unspecified atom stereocenters. The van der Waals surface area contributed by atoms with Gasteiger partial charge in [0.1, 0.15) is 5.75 Å². The second kappa shape index (κ2) is 10.5. The molecule has 1 aromatic carbocycles. The summed E-state index contributed by atoms with van der Waals surface area (Å²) in [6, 6.07) is 11.7. The summed E-state index contributed by atoms with van der Waals surface area (Å²) in [6.45, 7) is 15.3. The number of ether oxygens (including phenoxy) is 1. The van der Waals surface area contributed by atoms with Crippen LogP contribution in [0.15, 0.2) is 24.3 Å². The van der Waals surface area contributed by atoms with E-state index in [-0.39, 0.29) is 4.85 Å².